The number of benzene rings is 1. The zero-order chi connectivity index (χ0) is 16.9. The molecule has 1 aromatic carbocycles. The first-order valence-electron chi connectivity index (χ1n) is 7.49. The minimum absolute atomic E-state index is 0.0975. The number of carbonyl (C=O) groups is 1. The molecule has 0 saturated carbocycles. The lowest BCUT2D eigenvalue weighted by molar-refractivity contribution is 0.0994. The van der Waals surface area contributed by atoms with E-state index in [1.165, 1.54) is 23.1 Å². The summed E-state index contributed by atoms with van der Waals surface area (Å²) in [4.78, 5) is 12.5. The van der Waals surface area contributed by atoms with Crippen LogP contribution in [0.15, 0.2) is 51.4 Å². The predicted molar refractivity (Wildman–Crippen MR) is 96.8 cm³/mol. The van der Waals surface area contributed by atoms with E-state index < -0.39 is 0 Å². The highest BCUT2D eigenvalue weighted by atomic mass is 32.2. The molecule has 0 amide bonds. The maximum Gasteiger partial charge on any atom is 0.206 e. The lowest BCUT2D eigenvalue weighted by atomic mass is 10.1. The third kappa shape index (κ3) is 4.24. The molecule has 7 heteroatoms. The fourth-order valence-corrected chi connectivity index (χ4v) is 4.03. The Bertz CT molecular complexity index is 798. The van der Waals surface area contributed by atoms with Gasteiger partial charge in [-0.05, 0) is 26.0 Å². The van der Waals surface area contributed by atoms with E-state index in [9.17, 15) is 4.79 Å². The number of aryl methyl sites for hydroxylation is 1. The minimum atomic E-state index is -0.210. The summed E-state index contributed by atoms with van der Waals surface area (Å²) in [6.45, 7) is 4.46. The maximum absolute atomic E-state index is 12.5. The molecule has 0 spiro atoms. The highest BCUT2D eigenvalue weighted by Crippen LogP contribution is 2.30. The Labute approximate surface area is 148 Å². The number of anilines is 1. The number of nitrogens with one attached hydrogen (secondary N) is 1. The third-order valence-electron chi connectivity index (χ3n) is 3.38. The minimum Gasteiger partial charge on any atom is -0.467 e. The quantitative estimate of drug-likeness (QED) is 0.498. The monoisotopic (exact) mass is 359 g/mol. The molecule has 0 saturated heterocycles. The van der Waals surface area contributed by atoms with Crippen molar-refractivity contribution in [1.82, 2.24) is 10.2 Å². The lowest BCUT2D eigenvalue weighted by Gasteiger charge is -2.08. The second-order valence-electron chi connectivity index (χ2n) is 5.30. The second-order valence-corrected chi connectivity index (χ2v) is 7.86. The Hall–Kier alpha value is -2.12. The molecule has 3 rings (SSSR count). The van der Waals surface area contributed by atoms with Gasteiger partial charge in [-0.1, -0.05) is 52.9 Å². The molecule has 24 heavy (non-hydrogen) atoms. The van der Waals surface area contributed by atoms with Crippen LogP contribution in [0.25, 0.3) is 0 Å². The summed E-state index contributed by atoms with van der Waals surface area (Å²) in [6.07, 6.45) is 1.64. The van der Waals surface area contributed by atoms with Crippen LogP contribution >= 0.6 is 23.1 Å². The highest BCUT2D eigenvalue weighted by molar-refractivity contribution is 8.02. The largest absolute Gasteiger partial charge is 0.467 e. The van der Waals surface area contributed by atoms with Crippen LogP contribution in [0.1, 0.15) is 28.6 Å². The van der Waals surface area contributed by atoms with Crippen LogP contribution in [0.3, 0.4) is 0 Å². The Balaban J connectivity index is 1.57. The molecule has 1 N–H and O–H groups in total. The van der Waals surface area contributed by atoms with E-state index in [4.69, 9.17) is 4.42 Å². The van der Waals surface area contributed by atoms with E-state index in [1.54, 1.807) is 6.26 Å². The van der Waals surface area contributed by atoms with E-state index in [-0.39, 0.29) is 11.0 Å². The van der Waals surface area contributed by atoms with Crippen molar-refractivity contribution in [2.45, 2.75) is 30.0 Å². The normalized spacial score (nSPS) is 12.1. The van der Waals surface area contributed by atoms with Gasteiger partial charge in [0.05, 0.1) is 18.1 Å². The summed E-state index contributed by atoms with van der Waals surface area (Å²) in [5.74, 6) is 0.933. The van der Waals surface area contributed by atoms with Gasteiger partial charge in [0, 0.05) is 5.56 Å². The van der Waals surface area contributed by atoms with Gasteiger partial charge in [-0.25, -0.2) is 0 Å². The summed E-state index contributed by atoms with van der Waals surface area (Å²) < 4.78 is 6.03. The third-order valence-corrected chi connectivity index (χ3v) is 5.45. The van der Waals surface area contributed by atoms with E-state index in [2.05, 4.69) is 15.5 Å². The Morgan fingerprint density at radius 3 is 2.79 bits per heavy atom. The van der Waals surface area contributed by atoms with E-state index in [0.717, 1.165) is 21.2 Å². The van der Waals surface area contributed by atoms with Gasteiger partial charge in [-0.2, -0.15) is 0 Å². The zero-order valence-corrected chi connectivity index (χ0v) is 15.0. The van der Waals surface area contributed by atoms with Gasteiger partial charge in [-0.15, -0.1) is 10.2 Å². The summed E-state index contributed by atoms with van der Waals surface area (Å²) in [5, 5.41) is 11.9. The van der Waals surface area contributed by atoms with Gasteiger partial charge in [0.2, 0.25) is 5.13 Å². The molecule has 5 nitrogen and oxygen atoms in total. The average Bonchev–Trinajstić information content (AvgIpc) is 3.24. The summed E-state index contributed by atoms with van der Waals surface area (Å²) >= 11 is 2.86. The number of carbonyl (C=O) groups excluding carboxylic acids is 1. The van der Waals surface area contributed by atoms with Crippen molar-refractivity contribution in [1.29, 1.82) is 0 Å². The predicted octanol–water partition coefficient (Wildman–Crippen LogP) is 4.42. The summed E-state index contributed by atoms with van der Waals surface area (Å²) in [6, 6.07) is 11.4. The number of Topliss-reactive ketones (excluding diaryl/α,β-unsaturated/α-hetero) is 1. The van der Waals surface area contributed by atoms with Crippen LogP contribution in [0, 0.1) is 6.92 Å². The molecule has 0 aliphatic carbocycles. The second kappa shape index (κ2) is 7.63. The van der Waals surface area contributed by atoms with Crippen LogP contribution in [-0.4, -0.2) is 21.2 Å². The number of nitrogens with zero attached hydrogens (tertiary/aromatic N) is 2. The summed E-state index contributed by atoms with van der Waals surface area (Å²) in [7, 11) is 0. The zero-order valence-electron chi connectivity index (χ0n) is 13.4. The van der Waals surface area contributed by atoms with Crippen molar-refractivity contribution in [3.63, 3.8) is 0 Å². The molecule has 0 radical (unpaired) electrons. The Morgan fingerprint density at radius 2 is 2.08 bits per heavy atom. The number of rotatable bonds is 7. The van der Waals surface area contributed by atoms with Crippen molar-refractivity contribution in [2.24, 2.45) is 0 Å². The number of aromatic nitrogens is 2. The van der Waals surface area contributed by atoms with Crippen molar-refractivity contribution in [2.75, 3.05) is 5.32 Å². The molecular weight excluding hydrogens is 342 g/mol. The van der Waals surface area contributed by atoms with Gasteiger partial charge in [0.15, 0.2) is 10.1 Å². The smallest absolute Gasteiger partial charge is 0.206 e. The molecule has 0 fully saturated rings. The number of ketones is 1. The van der Waals surface area contributed by atoms with Gasteiger partial charge in [-0.3, -0.25) is 4.79 Å². The maximum atomic E-state index is 12.5. The first-order chi connectivity index (χ1) is 11.6. The molecule has 1 atom stereocenters. The molecule has 0 aliphatic rings. The fourth-order valence-electron chi connectivity index (χ4n) is 2.06. The number of hydrogen-bond donors (Lipinski definition) is 1. The van der Waals surface area contributed by atoms with Gasteiger partial charge in [0.25, 0.3) is 0 Å². The molecule has 2 heterocycles. The van der Waals surface area contributed by atoms with Crippen LogP contribution in [0.4, 0.5) is 5.13 Å². The van der Waals surface area contributed by atoms with E-state index >= 15 is 0 Å². The van der Waals surface area contributed by atoms with Gasteiger partial charge in [0.1, 0.15) is 5.76 Å². The van der Waals surface area contributed by atoms with Crippen molar-refractivity contribution < 1.29 is 9.21 Å². The van der Waals surface area contributed by atoms with Crippen LogP contribution in [0.2, 0.25) is 0 Å². The SMILES string of the molecule is Cc1ccc(C(=O)[C@H](C)Sc2nnc(NCc3ccco3)s2)cc1. The number of thioether (sulfide) groups is 1. The molecule has 3 aromatic rings. The highest BCUT2D eigenvalue weighted by Gasteiger charge is 2.18. The Kier molecular flexibility index (Phi) is 5.32. The standard InChI is InChI=1S/C17H17N3O2S2/c1-11-5-7-13(8-6-11)15(21)12(2)23-17-20-19-16(24-17)18-10-14-4-3-9-22-14/h3-9,12H,10H2,1-2H3,(H,18,19)/t12-/m0/s1. The summed E-state index contributed by atoms with van der Waals surface area (Å²) in [5.41, 5.74) is 1.87. The first kappa shape index (κ1) is 16.7. The van der Waals surface area contributed by atoms with Crippen molar-refractivity contribution in [3.8, 4) is 0 Å². The lowest BCUT2D eigenvalue weighted by Crippen LogP contribution is -2.13. The number of furan rings is 1. The molecule has 124 valence electrons. The van der Waals surface area contributed by atoms with Crippen molar-refractivity contribution >= 4 is 34.0 Å². The van der Waals surface area contributed by atoms with E-state index in [1.807, 2.05) is 50.2 Å². The molecule has 0 aliphatic heterocycles. The van der Waals surface area contributed by atoms with Crippen LogP contribution < -0.4 is 5.32 Å². The Morgan fingerprint density at radius 1 is 1.29 bits per heavy atom. The average molecular weight is 359 g/mol. The fraction of sp³-hybridized carbons (Fsp3) is 0.235. The first-order valence-corrected chi connectivity index (χ1v) is 9.19. The van der Waals surface area contributed by atoms with Crippen molar-refractivity contribution in [3.05, 3.63) is 59.5 Å². The van der Waals surface area contributed by atoms with Gasteiger partial charge >= 0.3 is 0 Å². The van der Waals surface area contributed by atoms with Crippen LogP contribution in [-0.2, 0) is 6.54 Å². The molecular formula is C17H17N3O2S2. The molecule has 0 bridgehead atoms. The van der Waals surface area contributed by atoms with E-state index in [0.29, 0.717) is 11.7 Å². The molecule has 2 aromatic heterocycles. The number of hydrogen-bond acceptors (Lipinski definition) is 7. The molecule has 0 unspecified atom stereocenters. The van der Waals surface area contributed by atoms with Gasteiger partial charge < -0.3 is 9.73 Å². The topological polar surface area (TPSA) is 68.0 Å². The van der Waals surface area contributed by atoms with Crippen LogP contribution in [0.5, 0.6) is 0 Å².